The van der Waals surface area contributed by atoms with Crippen molar-refractivity contribution < 1.29 is 17.6 Å². The molecule has 1 unspecified atom stereocenters. The molecule has 1 aliphatic rings. The van der Waals surface area contributed by atoms with Gasteiger partial charge in [-0.25, -0.2) is 8.42 Å². The summed E-state index contributed by atoms with van der Waals surface area (Å²) < 4.78 is 38.7. The van der Waals surface area contributed by atoms with Crippen LogP contribution < -0.4 is 0 Å². The monoisotopic (exact) mass is 383 g/mol. The van der Waals surface area contributed by atoms with E-state index in [4.69, 9.17) is 20.8 Å². The minimum atomic E-state index is -3.64. The van der Waals surface area contributed by atoms with E-state index in [0.717, 1.165) is 18.4 Å². The highest BCUT2D eigenvalue weighted by Crippen LogP contribution is 2.23. The lowest BCUT2D eigenvalue weighted by atomic mass is 10.2. The maximum absolute atomic E-state index is 13.1. The van der Waals surface area contributed by atoms with Gasteiger partial charge in [0.05, 0.1) is 23.8 Å². The van der Waals surface area contributed by atoms with Crippen molar-refractivity contribution in [3.8, 4) is 0 Å². The molecule has 1 aliphatic heterocycles. The Bertz CT molecular complexity index is 753. The summed E-state index contributed by atoms with van der Waals surface area (Å²) in [6.07, 6.45) is 4.03. The number of alkyl halides is 1. The summed E-state index contributed by atoms with van der Waals surface area (Å²) in [5.41, 5.74) is 1.02. The largest absolute Gasteiger partial charge is 0.468 e. The molecule has 1 atom stereocenters. The molecule has 7 heteroatoms. The lowest BCUT2D eigenvalue weighted by Crippen LogP contribution is -2.36. The molecule has 5 nitrogen and oxygen atoms in total. The number of rotatable bonds is 8. The highest BCUT2D eigenvalue weighted by atomic mass is 35.5. The van der Waals surface area contributed by atoms with Crippen molar-refractivity contribution in [2.24, 2.45) is 0 Å². The number of benzene rings is 1. The lowest BCUT2D eigenvalue weighted by Gasteiger charge is -2.24. The van der Waals surface area contributed by atoms with Crippen LogP contribution >= 0.6 is 11.6 Å². The Morgan fingerprint density at radius 1 is 1.20 bits per heavy atom. The van der Waals surface area contributed by atoms with Gasteiger partial charge in [0.15, 0.2) is 0 Å². The number of sulfonamides is 1. The van der Waals surface area contributed by atoms with Crippen LogP contribution in [0.15, 0.2) is 52.0 Å². The highest BCUT2D eigenvalue weighted by Gasteiger charge is 2.29. The van der Waals surface area contributed by atoms with E-state index in [1.165, 1.54) is 4.31 Å². The van der Waals surface area contributed by atoms with E-state index in [0.29, 0.717) is 31.2 Å². The van der Waals surface area contributed by atoms with Crippen LogP contribution in [0, 0.1) is 0 Å². The van der Waals surface area contributed by atoms with Crippen molar-refractivity contribution in [3.05, 3.63) is 54.0 Å². The predicted octanol–water partition coefficient (Wildman–Crippen LogP) is 3.43. The molecular weight excluding hydrogens is 362 g/mol. The first-order valence-electron chi connectivity index (χ1n) is 8.38. The van der Waals surface area contributed by atoms with Gasteiger partial charge in [0.1, 0.15) is 5.76 Å². The van der Waals surface area contributed by atoms with E-state index in [1.54, 1.807) is 30.5 Å². The molecule has 25 heavy (non-hydrogen) atoms. The molecule has 1 saturated heterocycles. The van der Waals surface area contributed by atoms with Crippen LogP contribution in [-0.4, -0.2) is 37.9 Å². The van der Waals surface area contributed by atoms with Crippen molar-refractivity contribution in [3.63, 3.8) is 0 Å². The predicted molar refractivity (Wildman–Crippen MR) is 96.1 cm³/mol. The molecule has 136 valence electrons. The molecular formula is C18H22ClNO4S. The first kappa shape index (κ1) is 18.5. The van der Waals surface area contributed by atoms with Crippen molar-refractivity contribution in [2.75, 3.05) is 19.0 Å². The first-order valence-corrected chi connectivity index (χ1v) is 10.4. The van der Waals surface area contributed by atoms with Gasteiger partial charge in [-0.1, -0.05) is 12.1 Å². The maximum Gasteiger partial charge on any atom is 0.243 e. The number of halogens is 1. The molecule has 0 saturated carbocycles. The van der Waals surface area contributed by atoms with Crippen LogP contribution in [0.4, 0.5) is 0 Å². The number of nitrogens with zero attached hydrogens (tertiary/aromatic N) is 1. The number of furan rings is 1. The summed E-state index contributed by atoms with van der Waals surface area (Å²) in [5, 5.41) is 0. The van der Waals surface area contributed by atoms with Crippen molar-refractivity contribution in [1.82, 2.24) is 4.31 Å². The minimum Gasteiger partial charge on any atom is -0.468 e. The Hall–Kier alpha value is -1.34. The van der Waals surface area contributed by atoms with E-state index in [1.807, 2.05) is 12.1 Å². The second kappa shape index (κ2) is 8.36. The van der Waals surface area contributed by atoms with Crippen LogP contribution in [0.5, 0.6) is 0 Å². The normalized spacial score (nSPS) is 18.1. The molecule has 0 aliphatic carbocycles. The molecule has 2 heterocycles. The zero-order valence-electron chi connectivity index (χ0n) is 13.9. The zero-order valence-corrected chi connectivity index (χ0v) is 15.5. The maximum atomic E-state index is 13.1. The van der Waals surface area contributed by atoms with Gasteiger partial charge >= 0.3 is 0 Å². The third-order valence-corrected chi connectivity index (χ3v) is 6.30. The Labute approximate surface area is 153 Å². The van der Waals surface area contributed by atoms with E-state index >= 15 is 0 Å². The van der Waals surface area contributed by atoms with Crippen molar-refractivity contribution in [1.29, 1.82) is 0 Å². The van der Waals surface area contributed by atoms with Gasteiger partial charge in [-0.3, -0.25) is 0 Å². The molecule has 0 bridgehead atoms. The molecule has 3 rings (SSSR count). The van der Waals surface area contributed by atoms with Gasteiger partial charge in [0.25, 0.3) is 0 Å². The van der Waals surface area contributed by atoms with E-state index in [-0.39, 0.29) is 17.5 Å². The van der Waals surface area contributed by atoms with Gasteiger partial charge < -0.3 is 9.15 Å². The summed E-state index contributed by atoms with van der Waals surface area (Å²) in [6, 6.07) is 10.4. The van der Waals surface area contributed by atoms with Crippen LogP contribution in [-0.2, 0) is 27.7 Å². The second-order valence-electron chi connectivity index (χ2n) is 6.09. The Morgan fingerprint density at radius 2 is 2.00 bits per heavy atom. The molecule has 1 aromatic heterocycles. The molecule has 1 aromatic carbocycles. The van der Waals surface area contributed by atoms with Crippen LogP contribution in [0.25, 0.3) is 0 Å². The molecule has 1 fully saturated rings. The standard InChI is InChI=1S/C18H22ClNO4S/c19-10-9-15-5-7-18(8-6-15)25(21,22)20(13-16-3-1-11-23-16)14-17-4-2-12-24-17/h1,3,5-8,11,17H,2,4,9-10,12-14H2. The van der Waals surface area contributed by atoms with Gasteiger partial charge in [-0.05, 0) is 49.1 Å². The first-order chi connectivity index (χ1) is 12.1. The zero-order chi connectivity index (χ0) is 17.7. The number of hydrogen-bond acceptors (Lipinski definition) is 4. The number of ether oxygens (including phenoxy) is 1. The van der Waals surface area contributed by atoms with Crippen molar-refractivity contribution in [2.45, 2.75) is 36.8 Å². The summed E-state index contributed by atoms with van der Waals surface area (Å²) in [5.74, 6) is 1.12. The van der Waals surface area contributed by atoms with Crippen LogP contribution in [0.2, 0.25) is 0 Å². The van der Waals surface area contributed by atoms with Gasteiger partial charge in [-0.15, -0.1) is 11.6 Å². The second-order valence-corrected chi connectivity index (χ2v) is 8.41. The Morgan fingerprint density at radius 3 is 2.60 bits per heavy atom. The quantitative estimate of drug-likeness (QED) is 0.655. The summed E-state index contributed by atoms with van der Waals surface area (Å²) >= 11 is 5.74. The Balaban J connectivity index is 1.83. The van der Waals surface area contributed by atoms with Gasteiger partial charge in [-0.2, -0.15) is 4.31 Å². The smallest absolute Gasteiger partial charge is 0.243 e. The average molecular weight is 384 g/mol. The third-order valence-electron chi connectivity index (χ3n) is 4.29. The topological polar surface area (TPSA) is 59.8 Å². The summed E-state index contributed by atoms with van der Waals surface area (Å²) in [6.45, 7) is 1.21. The summed E-state index contributed by atoms with van der Waals surface area (Å²) in [7, 11) is -3.64. The van der Waals surface area contributed by atoms with Crippen LogP contribution in [0.1, 0.15) is 24.2 Å². The van der Waals surface area contributed by atoms with Gasteiger partial charge in [0.2, 0.25) is 10.0 Å². The van der Waals surface area contributed by atoms with Crippen molar-refractivity contribution >= 4 is 21.6 Å². The van der Waals surface area contributed by atoms with Crippen LogP contribution in [0.3, 0.4) is 0 Å². The van der Waals surface area contributed by atoms with E-state index < -0.39 is 10.0 Å². The summed E-state index contributed by atoms with van der Waals surface area (Å²) in [4.78, 5) is 0.273. The fourth-order valence-corrected chi connectivity index (χ4v) is 4.58. The minimum absolute atomic E-state index is 0.0692. The molecule has 0 amide bonds. The molecule has 0 radical (unpaired) electrons. The molecule has 2 aromatic rings. The number of hydrogen-bond donors (Lipinski definition) is 0. The number of aryl methyl sites for hydroxylation is 1. The lowest BCUT2D eigenvalue weighted by molar-refractivity contribution is 0.0914. The molecule has 0 spiro atoms. The average Bonchev–Trinajstić information content (AvgIpc) is 3.29. The fourth-order valence-electron chi connectivity index (χ4n) is 2.93. The highest BCUT2D eigenvalue weighted by molar-refractivity contribution is 7.89. The SMILES string of the molecule is O=S(=O)(c1ccc(CCCl)cc1)N(Cc1ccco1)CC1CCCO1. The van der Waals surface area contributed by atoms with Gasteiger partial charge in [0, 0.05) is 19.0 Å². The van der Waals surface area contributed by atoms with E-state index in [2.05, 4.69) is 0 Å². The third kappa shape index (κ3) is 4.64. The molecule has 0 N–H and O–H groups in total. The van der Waals surface area contributed by atoms with E-state index in [9.17, 15) is 8.42 Å². The fraction of sp³-hybridized carbons (Fsp3) is 0.444. The Kier molecular flexibility index (Phi) is 6.17.